The van der Waals surface area contributed by atoms with Crippen molar-refractivity contribution in [2.24, 2.45) is 0 Å². The summed E-state index contributed by atoms with van der Waals surface area (Å²) in [5, 5.41) is 20.2. The van der Waals surface area contributed by atoms with Gasteiger partial charge in [0.05, 0.1) is 32.2 Å². The van der Waals surface area contributed by atoms with Crippen LogP contribution in [0.15, 0.2) is 24.3 Å². The highest BCUT2D eigenvalue weighted by molar-refractivity contribution is 5.54. The maximum absolute atomic E-state index is 8.64. The highest BCUT2D eigenvalue weighted by Crippen LogP contribution is 2.18. The zero-order chi connectivity index (χ0) is 14.5. The van der Waals surface area contributed by atoms with Gasteiger partial charge in [0.25, 0.3) is 0 Å². The van der Waals surface area contributed by atoms with E-state index in [1.165, 1.54) is 0 Å². The molecule has 1 aromatic carbocycles. The molecule has 7 nitrogen and oxygen atoms in total. The van der Waals surface area contributed by atoms with Crippen molar-refractivity contribution in [1.82, 2.24) is 20.2 Å². The minimum absolute atomic E-state index is 0.142. The molecule has 1 saturated heterocycles. The van der Waals surface area contributed by atoms with E-state index in [0.717, 1.165) is 17.5 Å². The van der Waals surface area contributed by atoms with E-state index in [1.54, 1.807) is 4.68 Å². The molecule has 1 fully saturated rings. The number of nitrogens with zero attached hydrogens (tertiary/aromatic N) is 5. The predicted octanol–water partition coefficient (Wildman–Crippen LogP) is 1.17. The fourth-order valence-electron chi connectivity index (χ4n) is 2.23. The fourth-order valence-corrected chi connectivity index (χ4v) is 2.23. The number of benzene rings is 1. The highest BCUT2D eigenvalue weighted by atomic mass is 16.7. The summed E-state index contributed by atoms with van der Waals surface area (Å²) in [7, 11) is 0. The van der Waals surface area contributed by atoms with Gasteiger partial charge in [-0.15, -0.1) is 5.10 Å². The van der Waals surface area contributed by atoms with Gasteiger partial charge in [-0.3, -0.25) is 0 Å². The Bertz CT molecular complexity index is 626. The molecule has 3 rings (SSSR count). The van der Waals surface area contributed by atoms with Crippen LogP contribution in [0, 0.1) is 11.3 Å². The van der Waals surface area contributed by atoms with Crippen molar-refractivity contribution < 1.29 is 9.47 Å². The lowest BCUT2D eigenvalue weighted by Crippen LogP contribution is -2.11. The van der Waals surface area contributed by atoms with E-state index in [4.69, 9.17) is 14.7 Å². The second-order valence-corrected chi connectivity index (χ2v) is 4.71. The number of aryl methyl sites for hydroxylation is 1. The number of ether oxygens (including phenoxy) is 2. The molecular formula is C14H15N5O2. The molecular weight excluding hydrogens is 270 g/mol. The fraction of sp³-hybridized carbons (Fsp3) is 0.429. The normalized spacial score (nSPS) is 15.2. The van der Waals surface area contributed by atoms with Crippen molar-refractivity contribution in [3.05, 3.63) is 29.8 Å². The average molecular weight is 285 g/mol. The summed E-state index contributed by atoms with van der Waals surface area (Å²) in [5.74, 6) is 0.671. The Morgan fingerprint density at radius 2 is 2.00 bits per heavy atom. The summed E-state index contributed by atoms with van der Waals surface area (Å²) in [6.45, 7) is 1.82. The Balaban J connectivity index is 1.71. The maximum Gasteiger partial charge on any atom is 0.182 e. The van der Waals surface area contributed by atoms with Gasteiger partial charge in [0.15, 0.2) is 12.1 Å². The second-order valence-electron chi connectivity index (χ2n) is 4.71. The molecule has 1 aliphatic rings. The van der Waals surface area contributed by atoms with E-state index >= 15 is 0 Å². The van der Waals surface area contributed by atoms with Crippen molar-refractivity contribution in [1.29, 1.82) is 5.26 Å². The molecule has 0 amide bonds. The smallest absolute Gasteiger partial charge is 0.182 e. The van der Waals surface area contributed by atoms with E-state index in [0.29, 0.717) is 32.0 Å². The molecule has 1 aromatic heterocycles. The van der Waals surface area contributed by atoms with Crippen LogP contribution in [0.4, 0.5) is 0 Å². The quantitative estimate of drug-likeness (QED) is 0.819. The number of rotatable bonds is 5. The van der Waals surface area contributed by atoms with Crippen LogP contribution < -0.4 is 0 Å². The highest BCUT2D eigenvalue weighted by Gasteiger charge is 2.16. The molecule has 0 unspecified atom stereocenters. The largest absolute Gasteiger partial charge is 0.350 e. The Labute approximate surface area is 122 Å². The molecule has 0 N–H and O–H groups in total. The molecule has 21 heavy (non-hydrogen) atoms. The summed E-state index contributed by atoms with van der Waals surface area (Å²) < 4.78 is 12.5. The maximum atomic E-state index is 8.64. The molecule has 0 saturated carbocycles. The second kappa shape index (κ2) is 6.43. The number of hydrogen-bond donors (Lipinski definition) is 0. The number of nitriles is 1. The van der Waals surface area contributed by atoms with Gasteiger partial charge in [0.2, 0.25) is 0 Å². The van der Waals surface area contributed by atoms with Crippen LogP contribution in [0.25, 0.3) is 11.4 Å². The molecule has 1 aliphatic heterocycles. The van der Waals surface area contributed by atoms with Gasteiger partial charge in [0, 0.05) is 12.0 Å². The summed E-state index contributed by atoms with van der Waals surface area (Å²) in [6.07, 6.45) is 0.975. The Hall–Kier alpha value is -2.30. The van der Waals surface area contributed by atoms with Gasteiger partial charge in [-0.2, -0.15) is 5.26 Å². The first kappa shape index (κ1) is 13.7. The molecule has 0 aliphatic carbocycles. The minimum Gasteiger partial charge on any atom is -0.350 e. The lowest BCUT2D eigenvalue weighted by atomic mass is 10.1. The van der Waals surface area contributed by atoms with Crippen LogP contribution >= 0.6 is 0 Å². The third kappa shape index (κ3) is 3.24. The third-order valence-electron chi connectivity index (χ3n) is 3.27. The Morgan fingerprint density at radius 1 is 1.24 bits per heavy atom. The molecule has 108 valence electrons. The number of tetrazole rings is 1. The van der Waals surface area contributed by atoms with Gasteiger partial charge < -0.3 is 9.47 Å². The van der Waals surface area contributed by atoms with E-state index in [1.807, 2.05) is 24.3 Å². The first-order valence-corrected chi connectivity index (χ1v) is 6.82. The summed E-state index contributed by atoms with van der Waals surface area (Å²) >= 11 is 0. The molecule has 7 heteroatoms. The van der Waals surface area contributed by atoms with E-state index in [-0.39, 0.29) is 6.29 Å². The van der Waals surface area contributed by atoms with Crippen molar-refractivity contribution >= 4 is 0 Å². The number of aromatic nitrogens is 4. The van der Waals surface area contributed by atoms with Crippen molar-refractivity contribution in [3.8, 4) is 17.5 Å². The van der Waals surface area contributed by atoms with Gasteiger partial charge in [-0.1, -0.05) is 24.3 Å². The van der Waals surface area contributed by atoms with Gasteiger partial charge in [-0.25, -0.2) is 4.68 Å². The lowest BCUT2D eigenvalue weighted by Gasteiger charge is -2.09. The van der Waals surface area contributed by atoms with Crippen LogP contribution in [-0.4, -0.2) is 39.7 Å². The first-order valence-electron chi connectivity index (χ1n) is 6.82. The summed E-state index contributed by atoms with van der Waals surface area (Å²) in [4.78, 5) is 0. The van der Waals surface area contributed by atoms with E-state index in [9.17, 15) is 0 Å². The van der Waals surface area contributed by atoms with Crippen molar-refractivity contribution in [2.75, 3.05) is 13.2 Å². The van der Waals surface area contributed by atoms with Crippen molar-refractivity contribution in [2.45, 2.75) is 25.7 Å². The Morgan fingerprint density at radius 3 is 2.71 bits per heavy atom. The molecule has 2 aromatic rings. The SMILES string of the molecule is N#CCCn1nnnc1-c1ccc(CC2OCCO2)cc1. The van der Waals surface area contributed by atoms with Crippen LogP contribution in [0.2, 0.25) is 0 Å². The zero-order valence-corrected chi connectivity index (χ0v) is 11.5. The third-order valence-corrected chi connectivity index (χ3v) is 3.27. The lowest BCUT2D eigenvalue weighted by molar-refractivity contribution is -0.0399. The standard InChI is InChI=1S/C14H15N5O2/c15-6-1-7-19-14(16-17-18-19)12-4-2-11(3-5-12)10-13-20-8-9-21-13/h2-5,13H,1,7-10H2. The number of hydrogen-bond acceptors (Lipinski definition) is 6. The zero-order valence-electron chi connectivity index (χ0n) is 11.5. The van der Waals surface area contributed by atoms with E-state index in [2.05, 4.69) is 21.6 Å². The topological polar surface area (TPSA) is 85.9 Å². The summed E-state index contributed by atoms with van der Waals surface area (Å²) in [5.41, 5.74) is 2.07. The van der Waals surface area contributed by atoms with Gasteiger partial charge in [0.1, 0.15) is 0 Å². The van der Waals surface area contributed by atoms with Crippen LogP contribution in [0.3, 0.4) is 0 Å². The molecule has 0 atom stereocenters. The Kier molecular flexibility index (Phi) is 4.19. The van der Waals surface area contributed by atoms with Crippen molar-refractivity contribution in [3.63, 3.8) is 0 Å². The van der Waals surface area contributed by atoms with Crippen LogP contribution in [0.1, 0.15) is 12.0 Å². The van der Waals surface area contributed by atoms with Crippen LogP contribution in [0.5, 0.6) is 0 Å². The van der Waals surface area contributed by atoms with Gasteiger partial charge >= 0.3 is 0 Å². The molecule has 0 spiro atoms. The predicted molar refractivity (Wildman–Crippen MR) is 72.9 cm³/mol. The van der Waals surface area contributed by atoms with E-state index < -0.39 is 0 Å². The molecule has 2 heterocycles. The average Bonchev–Trinajstić information content (AvgIpc) is 3.17. The first-order chi connectivity index (χ1) is 10.4. The monoisotopic (exact) mass is 285 g/mol. The molecule has 0 bridgehead atoms. The molecule has 0 radical (unpaired) electrons. The summed E-state index contributed by atoms with van der Waals surface area (Å²) in [6, 6.07) is 10.1. The van der Waals surface area contributed by atoms with Gasteiger partial charge in [-0.05, 0) is 16.0 Å². The van der Waals surface area contributed by atoms with Crippen LogP contribution in [-0.2, 0) is 22.4 Å². The minimum atomic E-state index is -0.142.